The van der Waals surface area contributed by atoms with Crippen molar-refractivity contribution in [3.8, 4) is 0 Å². The van der Waals surface area contributed by atoms with E-state index < -0.39 is 0 Å². The second-order valence-electron chi connectivity index (χ2n) is 4.71. The molecule has 1 aromatic carbocycles. The second-order valence-corrected chi connectivity index (χ2v) is 4.71. The van der Waals surface area contributed by atoms with Gasteiger partial charge in [0, 0.05) is 31.4 Å². The number of halogens is 1. The standard InChI is InChI=1S/C14H19N3O3.ClH/c1-10(18)16-11-2-4-12(5-3-11)17-14(19)8-13-9-15-6-7-20-13;/h2-5,13,15H,6-9H2,1H3,(H,16,18)(H,17,19);1H. The molecule has 1 unspecified atom stereocenters. The predicted molar refractivity (Wildman–Crippen MR) is 83.9 cm³/mol. The number of morpholine rings is 1. The Morgan fingerprint density at radius 3 is 2.38 bits per heavy atom. The summed E-state index contributed by atoms with van der Waals surface area (Å²) in [4.78, 5) is 22.8. The highest BCUT2D eigenvalue weighted by Gasteiger charge is 2.17. The summed E-state index contributed by atoms with van der Waals surface area (Å²) in [7, 11) is 0. The summed E-state index contributed by atoms with van der Waals surface area (Å²) >= 11 is 0. The first-order valence-electron chi connectivity index (χ1n) is 6.63. The van der Waals surface area contributed by atoms with Gasteiger partial charge in [0.05, 0.1) is 19.1 Å². The summed E-state index contributed by atoms with van der Waals surface area (Å²) in [6.07, 6.45) is 0.267. The van der Waals surface area contributed by atoms with E-state index in [0.29, 0.717) is 30.9 Å². The molecule has 0 saturated carbocycles. The summed E-state index contributed by atoms with van der Waals surface area (Å²) < 4.78 is 5.48. The quantitative estimate of drug-likeness (QED) is 0.784. The first-order chi connectivity index (χ1) is 9.63. The van der Waals surface area contributed by atoms with Gasteiger partial charge in [0.1, 0.15) is 0 Å². The number of nitrogens with one attached hydrogen (secondary N) is 3. The predicted octanol–water partition coefficient (Wildman–Crippen LogP) is 1.38. The fourth-order valence-corrected chi connectivity index (χ4v) is 2.01. The van der Waals surface area contributed by atoms with Gasteiger partial charge in [-0.3, -0.25) is 9.59 Å². The third-order valence-corrected chi connectivity index (χ3v) is 2.91. The molecule has 1 aromatic rings. The Kier molecular flexibility index (Phi) is 7.14. The number of ether oxygens (including phenoxy) is 1. The molecule has 1 atom stereocenters. The largest absolute Gasteiger partial charge is 0.375 e. The van der Waals surface area contributed by atoms with E-state index >= 15 is 0 Å². The molecule has 3 N–H and O–H groups in total. The van der Waals surface area contributed by atoms with Crippen molar-refractivity contribution < 1.29 is 14.3 Å². The molecule has 2 rings (SSSR count). The lowest BCUT2D eigenvalue weighted by molar-refractivity contribution is -0.119. The van der Waals surface area contributed by atoms with Crippen LogP contribution in [0.2, 0.25) is 0 Å². The molecule has 1 aliphatic heterocycles. The SMILES string of the molecule is CC(=O)Nc1ccc(NC(=O)CC2CNCCO2)cc1.Cl. The van der Waals surface area contributed by atoms with Gasteiger partial charge < -0.3 is 20.7 Å². The van der Waals surface area contributed by atoms with Gasteiger partial charge in [0.25, 0.3) is 0 Å². The lowest BCUT2D eigenvalue weighted by Gasteiger charge is -2.23. The van der Waals surface area contributed by atoms with E-state index in [0.717, 1.165) is 6.54 Å². The Hall–Kier alpha value is -1.63. The highest BCUT2D eigenvalue weighted by Crippen LogP contribution is 2.14. The number of hydrogen-bond acceptors (Lipinski definition) is 4. The molecule has 0 aliphatic carbocycles. The number of carbonyl (C=O) groups excluding carboxylic acids is 2. The summed E-state index contributed by atoms with van der Waals surface area (Å²) in [5.41, 5.74) is 1.41. The third kappa shape index (κ3) is 6.12. The zero-order valence-electron chi connectivity index (χ0n) is 11.8. The van der Waals surface area contributed by atoms with E-state index in [1.807, 2.05) is 0 Å². The fraction of sp³-hybridized carbons (Fsp3) is 0.429. The Labute approximate surface area is 130 Å². The molecule has 116 valence electrons. The zero-order valence-corrected chi connectivity index (χ0v) is 12.7. The van der Waals surface area contributed by atoms with Gasteiger partial charge in [-0.15, -0.1) is 12.4 Å². The van der Waals surface area contributed by atoms with Gasteiger partial charge in [0.15, 0.2) is 0 Å². The van der Waals surface area contributed by atoms with E-state index in [4.69, 9.17) is 4.74 Å². The maximum Gasteiger partial charge on any atom is 0.227 e. The molecule has 1 aliphatic rings. The normalized spacial score (nSPS) is 17.5. The van der Waals surface area contributed by atoms with Crippen molar-refractivity contribution >= 4 is 35.6 Å². The minimum Gasteiger partial charge on any atom is -0.375 e. The van der Waals surface area contributed by atoms with E-state index in [-0.39, 0.29) is 30.3 Å². The highest BCUT2D eigenvalue weighted by molar-refractivity contribution is 5.92. The van der Waals surface area contributed by atoms with E-state index in [1.54, 1.807) is 24.3 Å². The molecular weight excluding hydrogens is 294 g/mol. The number of anilines is 2. The van der Waals surface area contributed by atoms with Crippen molar-refractivity contribution in [2.75, 3.05) is 30.3 Å². The van der Waals surface area contributed by atoms with Crippen molar-refractivity contribution in [3.63, 3.8) is 0 Å². The van der Waals surface area contributed by atoms with Crippen molar-refractivity contribution in [2.45, 2.75) is 19.4 Å². The monoisotopic (exact) mass is 313 g/mol. The summed E-state index contributed by atoms with van der Waals surface area (Å²) in [6, 6.07) is 7.00. The van der Waals surface area contributed by atoms with Crippen LogP contribution in [0.4, 0.5) is 11.4 Å². The molecule has 1 fully saturated rings. The van der Waals surface area contributed by atoms with Crippen molar-refractivity contribution in [3.05, 3.63) is 24.3 Å². The van der Waals surface area contributed by atoms with Gasteiger partial charge in [-0.05, 0) is 24.3 Å². The van der Waals surface area contributed by atoms with Crippen LogP contribution >= 0.6 is 12.4 Å². The summed E-state index contributed by atoms with van der Waals surface area (Å²) in [5, 5.41) is 8.67. The molecule has 1 heterocycles. The van der Waals surface area contributed by atoms with Crippen LogP contribution in [0.3, 0.4) is 0 Å². The number of carbonyl (C=O) groups is 2. The number of hydrogen-bond donors (Lipinski definition) is 3. The molecule has 1 saturated heterocycles. The van der Waals surface area contributed by atoms with Crippen molar-refractivity contribution in [1.82, 2.24) is 5.32 Å². The first kappa shape index (κ1) is 17.4. The van der Waals surface area contributed by atoms with Crippen LogP contribution in [0.15, 0.2) is 24.3 Å². The number of rotatable bonds is 4. The Morgan fingerprint density at radius 1 is 1.24 bits per heavy atom. The Bertz CT molecular complexity index is 473. The molecule has 0 radical (unpaired) electrons. The molecule has 0 bridgehead atoms. The van der Waals surface area contributed by atoms with E-state index in [9.17, 15) is 9.59 Å². The topological polar surface area (TPSA) is 79.5 Å². The van der Waals surface area contributed by atoms with Crippen LogP contribution < -0.4 is 16.0 Å². The van der Waals surface area contributed by atoms with Crippen LogP contribution in [0.5, 0.6) is 0 Å². The van der Waals surface area contributed by atoms with Crippen LogP contribution in [0.1, 0.15) is 13.3 Å². The minimum absolute atomic E-state index is 0. The Morgan fingerprint density at radius 2 is 1.86 bits per heavy atom. The van der Waals surface area contributed by atoms with Crippen LogP contribution in [-0.4, -0.2) is 37.6 Å². The average molecular weight is 314 g/mol. The van der Waals surface area contributed by atoms with Crippen molar-refractivity contribution in [1.29, 1.82) is 0 Å². The maximum absolute atomic E-state index is 11.9. The number of amides is 2. The zero-order chi connectivity index (χ0) is 14.4. The molecule has 2 amide bonds. The van der Waals surface area contributed by atoms with Gasteiger partial charge in [-0.2, -0.15) is 0 Å². The number of benzene rings is 1. The lowest BCUT2D eigenvalue weighted by Crippen LogP contribution is -2.40. The Balaban J connectivity index is 0.00000220. The van der Waals surface area contributed by atoms with Crippen LogP contribution in [-0.2, 0) is 14.3 Å². The highest BCUT2D eigenvalue weighted by atomic mass is 35.5. The fourth-order valence-electron chi connectivity index (χ4n) is 2.01. The van der Waals surface area contributed by atoms with Gasteiger partial charge in [-0.25, -0.2) is 0 Å². The van der Waals surface area contributed by atoms with E-state index in [2.05, 4.69) is 16.0 Å². The second kappa shape index (κ2) is 8.61. The van der Waals surface area contributed by atoms with Gasteiger partial charge >= 0.3 is 0 Å². The average Bonchev–Trinajstić information content (AvgIpc) is 2.41. The summed E-state index contributed by atoms with van der Waals surface area (Å²) in [5.74, 6) is -0.199. The van der Waals surface area contributed by atoms with E-state index in [1.165, 1.54) is 6.92 Å². The van der Waals surface area contributed by atoms with Crippen molar-refractivity contribution in [2.24, 2.45) is 0 Å². The third-order valence-electron chi connectivity index (χ3n) is 2.91. The van der Waals surface area contributed by atoms with Crippen LogP contribution in [0, 0.1) is 0 Å². The first-order valence-corrected chi connectivity index (χ1v) is 6.63. The molecule has 0 aromatic heterocycles. The molecule has 0 spiro atoms. The van der Waals surface area contributed by atoms with Gasteiger partial charge in [-0.1, -0.05) is 0 Å². The molecule has 6 nitrogen and oxygen atoms in total. The molecule has 21 heavy (non-hydrogen) atoms. The lowest BCUT2D eigenvalue weighted by atomic mass is 10.2. The summed E-state index contributed by atoms with van der Waals surface area (Å²) in [6.45, 7) is 3.63. The maximum atomic E-state index is 11.9. The molecule has 7 heteroatoms. The van der Waals surface area contributed by atoms with Gasteiger partial charge in [0.2, 0.25) is 11.8 Å². The van der Waals surface area contributed by atoms with Crippen LogP contribution in [0.25, 0.3) is 0 Å². The smallest absolute Gasteiger partial charge is 0.227 e. The minimum atomic E-state index is -0.122. The molecular formula is C14H20ClN3O3.